The molecule has 34 heavy (non-hydrogen) atoms. The fraction of sp³-hybridized carbons (Fsp3) is 0.480. The number of benzene rings is 1. The predicted molar refractivity (Wildman–Crippen MR) is 131 cm³/mol. The molecule has 7 nitrogen and oxygen atoms in total. The predicted octanol–water partition coefficient (Wildman–Crippen LogP) is 3.95. The summed E-state index contributed by atoms with van der Waals surface area (Å²) in [6.45, 7) is 8.10. The van der Waals surface area contributed by atoms with E-state index in [1.54, 1.807) is 17.0 Å². The van der Waals surface area contributed by atoms with Crippen molar-refractivity contribution in [2.45, 2.75) is 52.2 Å². The van der Waals surface area contributed by atoms with Gasteiger partial charge in [-0.15, -0.1) is 0 Å². The van der Waals surface area contributed by atoms with E-state index in [1.165, 1.54) is 23.9 Å². The average molecular weight is 487 g/mol. The van der Waals surface area contributed by atoms with Crippen molar-refractivity contribution in [3.63, 3.8) is 0 Å². The Morgan fingerprint density at radius 1 is 1.26 bits per heavy atom. The summed E-state index contributed by atoms with van der Waals surface area (Å²) in [7, 11) is 0. The van der Waals surface area contributed by atoms with Gasteiger partial charge in [0.05, 0.1) is 29.8 Å². The van der Waals surface area contributed by atoms with Crippen LogP contribution in [0.25, 0.3) is 0 Å². The third-order valence-corrected chi connectivity index (χ3v) is 7.25. The zero-order valence-corrected chi connectivity index (χ0v) is 20.7. The standard InChI is InChI=1S/C25H31FN4O3S/c1-4-29(5-2)24(32)22-16(3)28-25-30(23(22)17-8-10-18(26)11-9-17)19(15-34-25)13-21(31)27-14-20-7-6-12-33-20/h8-11,15,20,23H,4-7,12-14H2,1-3H3,(H,27,31). The number of amides is 2. The van der Waals surface area contributed by atoms with Crippen LogP contribution in [0.5, 0.6) is 0 Å². The van der Waals surface area contributed by atoms with E-state index in [0.717, 1.165) is 30.7 Å². The van der Waals surface area contributed by atoms with Crippen molar-refractivity contribution in [2.75, 3.05) is 26.2 Å². The molecule has 4 rings (SSSR count). The Labute approximate surface area is 204 Å². The van der Waals surface area contributed by atoms with Crippen LogP contribution in [0.15, 0.2) is 51.6 Å². The fourth-order valence-electron chi connectivity index (χ4n) is 4.54. The van der Waals surface area contributed by atoms with Gasteiger partial charge in [0.1, 0.15) is 5.82 Å². The van der Waals surface area contributed by atoms with Crippen molar-refractivity contribution in [3.8, 4) is 0 Å². The van der Waals surface area contributed by atoms with Gasteiger partial charge in [-0.3, -0.25) is 9.59 Å². The topological polar surface area (TPSA) is 74.2 Å². The largest absolute Gasteiger partial charge is 0.376 e. The number of hydrogen-bond donors (Lipinski definition) is 1. The van der Waals surface area contributed by atoms with Crippen molar-refractivity contribution >= 4 is 28.7 Å². The van der Waals surface area contributed by atoms with Crippen LogP contribution in [0.3, 0.4) is 0 Å². The molecule has 1 saturated heterocycles. The van der Waals surface area contributed by atoms with Gasteiger partial charge in [-0.25, -0.2) is 9.38 Å². The van der Waals surface area contributed by atoms with E-state index in [4.69, 9.17) is 9.73 Å². The molecular formula is C25H31FN4O3S. The molecule has 1 aromatic rings. The number of fused-ring (bicyclic) bond motifs is 1. The number of allylic oxidation sites excluding steroid dienone is 1. The van der Waals surface area contributed by atoms with E-state index in [1.807, 2.05) is 31.1 Å². The second kappa shape index (κ2) is 10.7. The number of nitrogens with zero attached hydrogens (tertiary/aromatic N) is 3. The summed E-state index contributed by atoms with van der Waals surface area (Å²) in [4.78, 5) is 34.8. The summed E-state index contributed by atoms with van der Waals surface area (Å²) >= 11 is 1.43. The quantitative estimate of drug-likeness (QED) is 0.602. The number of aliphatic imine (C=N–C) groups is 1. The number of likely N-dealkylation sites (N-methyl/N-ethyl adjacent to an activating group) is 1. The van der Waals surface area contributed by atoms with Crippen LogP contribution >= 0.6 is 11.8 Å². The Morgan fingerprint density at radius 3 is 2.65 bits per heavy atom. The van der Waals surface area contributed by atoms with Gasteiger partial charge in [0.25, 0.3) is 5.91 Å². The number of nitrogens with one attached hydrogen (secondary N) is 1. The third kappa shape index (κ3) is 5.05. The van der Waals surface area contributed by atoms with Crippen LogP contribution in [0, 0.1) is 5.82 Å². The third-order valence-electron chi connectivity index (χ3n) is 6.36. The highest BCUT2D eigenvalue weighted by atomic mass is 32.2. The number of rotatable bonds is 8. The van der Waals surface area contributed by atoms with Crippen LogP contribution in [0.1, 0.15) is 51.6 Å². The minimum Gasteiger partial charge on any atom is -0.376 e. The maximum Gasteiger partial charge on any atom is 0.254 e. The number of halogens is 1. The van der Waals surface area contributed by atoms with Gasteiger partial charge in [-0.05, 0) is 56.7 Å². The number of hydrogen-bond acceptors (Lipinski definition) is 6. The Balaban J connectivity index is 1.63. The molecule has 3 heterocycles. The lowest BCUT2D eigenvalue weighted by molar-refractivity contribution is -0.127. The van der Waals surface area contributed by atoms with Crippen LogP contribution in [-0.2, 0) is 14.3 Å². The number of carbonyl (C=O) groups is 2. The highest BCUT2D eigenvalue weighted by Crippen LogP contribution is 2.45. The molecule has 2 amide bonds. The van der Waals surface area contributed by atoms with Crippen LogP contribution < -0.4 is 5.32 Å². The van der Waals surface area contributed by atoms with Gasteiger partial charge in [-0.1, -0.05) is 23.9 Å². The number of ether oxygens (including phenoxy) is 1. The van der Waals surface area contributed by atoms with Gasteiger partial charge >= 0.3 is 0 Å². The van der Waals surface area contributed by atoms with Gasteiger partial charge in [0, 0.05) is 31.9 Å². The fourth-order valence-corrected chi connectivity index (χ4v) is 5.51. The van der Waals surface area contributed by atoms with Crippen molar-refractivity contribution < 1.29 is 18.7 Å². The molecule has 1 N–H and O–H groups in total. The lowest BCUT2D eigenvalue weighted by Crippen LogP contribution is -2.42. The first-order valence-electron chi connectivity index (χ1n) is 11.8. The summed E-state index contributed by atoms with van der Waals surface area (Å²) in [5, 5.41) is 5.60. The highest BCUT2D eigenvalue weighted by Gasteiger charge is 2.41. The highest BCUT2D eigenvalue weighted by molar-refractivity contribution is 8.16. The molecule has 0 aliphatic carbocycles. The second-order valence-corrected chi connectivity index (χ2v) is 9.37. The molecule has 0 saturated carbocycles. The number of thioether (sulfide) groups is 1. The summed E-state index contributed by atoms with van der Waals surface area (Å²) in [6, 6.07) is 5.70. The first-order chi connectivity index (χ1) is 16.4. The monoisotopic (exact) mass is 486 g/mol. The van der Waals surface area contributed by atoms with Gasteiger partial charge in [0.2, 0.25) is 5.91 Å². The van der Waals surface area contributed by atoms with E-state index in [0.29, 0.717) is 36.1 Å². The molecule has 1 aromatic carbocycles. The molecular weight excluding hydrogens is 455 g/mol. The molecule has 0 radical (unpaired) electrons. The summed E-state index contributed by atoms with van der Waals surface area (Å²) < 4.78 is 19.3. The van der Waals surface area contributed by atoms with E-state index in [9.17, 15) is 14.0 Å². The van der Waals surface area contributed by atoms with E-state index < -0.39 is 6.04 Å². The van der Waals surface area contributed by atoms with Crippen molar-refractivity contribution in [1.29, 1.82) is 0 Å². The van der Waals surface area contributed by atoms with Crippen LogP contribution in [0.2, 0.25) is 0 Å². The average Bonchev–Trinajstić information content (AvgIpc) is 3.48. The second-order valence-electron chi connectivity index (χ2n) is 8.54. The Morgan fingerprint density at radius 2 is 2.00 bits per heavy atom. The van der Waals surface area contributed by atoms with Crippen LogP contribution in [0.4, 0.5) is 4.39 Å². The molecule has 1 fully saturated rings. The Hall–Kier alpha value is -2.65. The lowest BCUT2D eigenvalue weighted by atomic mass is 9.92. The molecule has 3 aliphatic heterocycles. The zero-order chi connectivity index (χ0) is 24.2. The summed E-state index contributed by atoms with van der Waals surface area (Å²) in [6.07, 6.45) is 2.20. The van der Waals surface area contributed by atoms with Crippen molar-refractivity contribution in [2.24, 2.45) is 4.99 Å². The molecule has 9 heteroatoms. The van der Waals surface area contributed by atoms with Crippen LogP contribution in [-0.4, -0.2) is 59.1 Å². The molecule has 0 aromatic heterocycles. The molecule has 2 atom stereocenters. The lowest BCUT2D eigenvalue weighted by Gasteiger charge is -2.38. The molecule has 3 aliphatic rings. The maximum absolute atomic E-state index is 13.8. The van der Waals surface area contributed by atoms with Gasteiger partial charge < -0.3 is 19.9 Å². The Kier molecular flexibility index (Phi) is 7.73. The maximum atomic E-state index is 13.8. The SMILES string of the molecule is CCN(CC)C(=O)C1=C(C)N=C2SC=C(CC(=O)NCC3CCCO3)N2C1c1ccc(F)cc1. The summed E-state index contributed by atoms with van der Waals surface area (Å²) in [5.74, 6) is -0.547. The number of carbonyl (C=O) groups excluding carboxylic acids is 2. The Bertz CT molecular complexity index is 1030. The molecule has 2 unspecified atom stereocenters. The van der Waals surface area contributed by atoms with E-state index in [-0.39, 0.29) is 30.2 Å². The normalized spacial score (nSPS) is 21.8. The van der Waals surface area contributed by atoms with Gasteiger partial charge in [-0.2, -0.15) is 0 Å². The first kappa shape index (κ1) is 24.5. The van der Waals surface area contributed by atoms with Crippen molar-refractivity contribution in [3.05, 3.63) is 58.0 Å². The zero-order valence-electron chi connectivity index (χ0n) is 19.8. The van der Waals surface area contributed by atoms with Crippen molar-refractivity contribution in [1.82, 2.24) is 15.1 Å². The van der Waals surface area contributed by atoms with Gasteiger partial charge in [0.15, 0.2) is 5.17 Å². The molecule has 182 valence electrons. The molecule has 0 bridgehead atoms. The smallest absolute Gasteiger partial charge is 0.254 e. The summed E-state index contributed by atoms with van der Waals surface area (Å²) in [5.41, 5.74) is 2.73. The minimum atomic E-state index is -0.492. The molecule has 0 spiro atoms. The van der Waals surface area contributed by atoms with E-state index >= 15 is 0 Å². The van der Waals surface area contributed by atoms with E-state index in [2.05, 4.69) is 5.32 Å². The minimum absolute atomic E-state index is 0.0684. The number of amidine groups is 1. The first-order valence-corrected chi connectivity index (χ1v) is 12.7.